The number of carbonyl (C=O) groups excluding carboxylic acids is 2. The number of hydrogen-bond donors (Lipinski definition) is 0. The quantitative estimate of drug-likeness (QED) is 0.788. The van der Waals surface area contributed by atoms with Crippen molar-refractivity contribution >= 4 is 11.9 Å². The molecule has 5 heteroatoms. The maximum absolute atomic E-state index is 13.0. The monoisotopic (exact) mass is 341 g/mol. The number of ether oxygens (including phenoxy) is 1. The smallest absolute Gasteiger partial charge is 0.410 e. The van der Waals surface area contributed by atoms with E-state index in [2.05, 4.69) is 0 Å². The van der Waals surface area contributed by atoms with Crippen molar-refractivity contribution in [2.75, 3.05) is 13.1 Å². The molecule has 0 spiro atoms. The molecule has 0 radical (unpaired) electrons. The molecule has 2 aromatic carbocycles. The Morgan fingerprint density at radius 2 is 1.64 bits per heavy atom. The predicted octanol–water partition coefficient (Wildman–Crippen LogP) is 4.06. The molecule has 3 rings (SSSR count). The molecule has 25 heavy (non-hydrogen) atoms. The normalized spacial score (nSPS) is 15.0. The van der Waals surface area contributed by atoms with Crippen LogP contribution in [0.15, 0.2) is 54.6 Å². The van der Waals surface area contributed by atoms with Gasteiger partial charge in [0.15, 0.2) is 5.78 Å². The lowest BCUT2D eigenvalue weighted by atomic mass is 9.89. The van der Waals surface area contributed by atoms with Gasteiger partial charge >= 0.3 is 6.09 Å². The van der Waals surface area contributed by atoms with Gasteiger partial charge in [0.25, 0.3) is 0 Å². The summed E-state index contributed by atoms with van der Waals surface area (Å²) in [5.74, 6) is -0.478. The number of nitrogens with zero attached hydrogens (tertiary/aromatic N) is 1. The van der Waals surface area contributed by atoms with Gasteiger partial charge in [-0.1, -0.05) is 30.3 Å². The Balaban J connectivity index is 1.48. The van der Waals surface area contributed by atoms with Gasteiger partial charge in [-0.2, -0.15) is 0 Å². The number of hydrogen-bond acceptors (Lipinski definition) is 3. The third-order valence-electron chi connectivity index (χ3n) is 4.46. The molecule has 4 nitrogen and oxygen atoms in total. The maximum atomic E-state index is 13.0. The number of carbonyl (C=O) groups is 2. The Morgan fingerprint density at radius 1 is 1.00 bits per heavy atom. The van der Waals surface area contributed by atoms with Gasteiger partial charge in [-0.25, -0.2) is 9.18 Å². The minimum atomic E-state index is -0.354. The number of ketones is 1. The molecule has 1 amide bonds. The summed E-state index contributed by atoms with van der Waals surface area (Å²) in [6.45, 7) is 1.23. The summed E-state index contributed by atoms with van der Waals surface area (Å²) in [6.07, 6.45) is 0.837. The van der Waals surface area contributed by atoms with E-state index in [0.29, 0.717) is 31.5 Å². The molecular weight excluding hydrogens is 321 g/mol. The van der Waals surface area contributed by atoms with Crippen molar-refractivity contribution in [1.82, 2.24) is 4.90 Å². The fourth-order valence-corrected chi connectivity index (χ4v) is 2.98. The van der Waals surface area contributed by atoms with Crippen LogP contribution in [0.2, 0.25) is 0 Å². The zero-order valence-corrected chi connectivity index (χ0v) is 13.9. The highest BCUT2D eigenvalue weighted by Crippen LogP contribution is 2.22. The molecule has 0 saturated carbocycles. The van der Waals surface area contributed by atoms with Crippen LogP contribution >= 0.6 is 0 Å². The van der Waals surface area contributed by atoms with E-state index < -0.39 is 0 Å². The lowest BCUT2D eigenvalue weighted by Gasteiger charge is -2.30. The number of Topliss-reactive ketones (excluding diaryl/α,β-unsaturated/α-hetero) is 1. The fourth-order valence-electron chi connectivity index (χ4n) is 2.98. The molecule has 1 fully saturated rings. The number of rotatable bonds is 4. The first-order chi connectivity index (χ1) is 12.1. The molecule has 1 aliphatic rings. The number of likely N-dealkylation sites (tertiary alicyclic amines) is 1. The van der Waals surface area contributed by atoms with E-state index in [1.165, 1.54) is 24.3 Å². The summed E-state index contributed by atoms with van der Waals surface area (Å²) >= 11 is 0. The minimum Gasteiger partial charge on any atom is -0.445 e. The van der Waals surface area contributed by atoms with Gasteiger partial charge < -0.3 is 9.64 Å². The Morgan fingerprint density at radius 3 is 2.28 bits per heavy atom. The van der Waals surface area contributed by atoms with Crippen LogP contribution in [0.3, 0.4) is 0 Å². The van der Waals surface area contributed by atoms with Crippen LogP contribution in [0.4, 0.5) is 9.18 Å². The summed E-state index contributed by atoms with van der Waals surface area (Å²) in [6, 6.07) is 15.1. The standard InChI is InChI=1S/C20H20FNO3/c21-18-8-6-16(7-9-18)19(23)17-10-12-22(13-11-17)20(24)25-14-15-4-2-1-3-5-15/h1-9,17H,10-14H2. The Hall–Kier alpha value is -2.69. The van der Waals surface area contributed by atoms with Crippen LogP contribution in [0.25, 0.3) is 0 Å². The van der Waals surface area contributed by atoms with Crippen molar-refractivity contribution in [2.45, 2.75) is 19.4 Å². The molecule has 0 aliphatic carbocycles. The van der Waals surface area contributed by atoms with Crippen molar-refractivity contribution in [2.24, 2.45) is 5.92 Å². The molecule has 0 bridgehead atoms. The van der Waals surface area contributed by atoms with Crippen LogP contribution in [0.5, 0.6) is 0 Å². The van der Waals surface area contributed by atoms with Gasteiger partial charge in [0, 0.05) is 24.6 Å². The molecule has 1 saturated heterocycles. The van der Waals surface area contributed by atoms with E-state index in [1.54, 1.807) is 4.90 Å². The number of amides is 1. The van der Waals surface area contributed by atoms with Gasteiger partial charge in [0.05, 0.1) is 0 Å². The third-order valence-corrected chi connectivity index (χ3v) is 4.46. The van der Waals surface area contributed by atoms with Crippen LogP contribution in [-0.4, -0.2) is 29.9 Å². The second-order valence-corrected chi connectivity index (χ2v) is 6.17. The Labute approximate surface area is 146 Å². The summed E-state index contributed by atoms with van der Waals surface area (Å²) in [4.78, 5) is 26.2. The molecule has 0 N–H and O–H groups in total. The first-order valence-electron chi connectivity index (χ1n) is 8.39. The van der Waals surface area contributed by atoms with Gasteiger partial charge in [0.2, 0.25) is 0 Å². The minimum absolute atomic E-state index is 0.0114. The van der Waals surface area contributed by atoms with Crippen LogP contribution in [0.1, 0.15) is 28.8 Å². The van der Waals surface area contributed by atoms with E-state index in [4.69, 9.17) is 4.74 Å². The summed E-state index contributed by atoms with van der Waals surface area (Å²) in [5, 5.41) is 0. The molecule has 1 aliphatic heterocycles. The Bertz CT molecular complexity index is 722. The molecular formula is C20H20FNO3. The predicted molar refractivity (Wildman–Crippen MR) is 91.7 cm³/mol. The highest BCUT2D eigenvalue weighted by Gasteiger charge is 2.28. The number of benzene rings is 2. The average Bonchev–Trinajstić information content (AvgIpc) is 2.67. The lowest BCUT2D eigenvalue weighted by molar-refractivity contribution is 0.0713. The molecule has 2 aromatic rings. The van der Waals surface area contributed by atoms with Crippen molar-refractivity contribution in [3.05, 3.63) is 71.5 Å². The van der Waals surface area contributed by atoms with Crippen molar-refractivity contribution in [3.63, 3.8) is 0 Å². The van der Waals surface area contributed by atoms with Crippen LogP contribution in [0, 0.1) is 11.7 Å². The van der Waals surface area contributed by atoms with Crippen LogP contribution in [-0.2, 0) is 11.3 Å². The third kappa shape index (κ3) is 4.44. The maximum Gasteiger partial charge on any atom is 0.410 e. The largest absolute Gasteiger partial charge is 0.445 e. The SMILES string of the molecule is O=C(c1ccc(F)cc1)C1CCN(C(=O)OCc2ccccc2)CC1. The molecule has 0 aromatic heterocycles. The van der Waals surface area contributed by atoms with E-state index in [-0.39, 0.29) is 30.2 Å². The number of halogens is 1. The first kappa shape index (κ1) is 17.1. The van der Waals surface area contributed by atoms with Gasteiger partial charge in [-0.15, -0.1) is 0 Å². The molecule has 130 valence electrons. The molecule has 0 atom stereocenters. The van der Waals surface area contributed by atoms with E-state index >= 15 is 0 Å². The summed E-state index contributed by atoms with van der Waals surface area (Å²) in [5.41, 5.74) is 1.46. The molecule has 0 unspecified atom stereocenters. The van der Waals surface area contributed by atoms with Crippen LogP contribution < -0.4 is 0 Å². The fraction of sp³-hybridized carbons (Fsp3) is 0.300. The average molecular weight is 341 g/mol. The summed E-state index contributed by atoms with van der Waals surface area (Å²) in [7, 11) is 0. The second-order valence-electron chi connectivity index (χ2n) is 6.17. The second kappa shape index (κ2) is 7.92. The topological polar surface area (TPSA) is 46.6 Å². The van der Waals surface area contributed by atoms with E-state index in [0.717, 1.165) is 5.56 Å². The van der Waals surface area contributed by atoms with E-state index in [9.17, 15) is 14.0 Å². The van der Waals surface area contributed by atoms with Gasteiger partial charge in [-0.05, 0) is 42.7 Å². The zero-order chi connectivity index (χ0) is 17.6. The van der Waals surface area contributed by atoms with Crippen molar-refractivity contribution in [1.29, 1.82) is 0 Å². The van der Waals surface area contributed by atoms with Crippen molar-refractivity contribution in [3.8, 4) is 0 Å². The lowest BCUT2D eigenvalue weighted by Crippen LogP contribution is -2.40. The highest BCUT2D eigenvalue weighted by atomic mass is 19.1. The molecule has 1 heterocycles. The zero-order valence-electron chi connectivity index (χ0n) is 13.9. The van der Waals surface area contributed by atoms with E-state index in [1.807, 2.05) is 30.3 Å². The first-order valence-corrected chi connectivity index (χ1v) is 8.39. The Kier molecular flexibility index (Phi) is 5.43. The van der Waals surface area contributed by atoms with Gasteiger partial charge in [-0.3, -0.25) is 4.79 Å². The highest BCUT2D eigenvalue weighted by molar-refractivity contribution is 5.97. The van der Waals surface area contributed by atoms with Crippen molar-refractivity contribution < 1.29 is 18.7 Å². The van der Waals surface area contributed by atoms with Gasteiger partial charge in [0.1, 0.15) is 12.4 Å². The number of piperidine rings is 1. The summed E-state index contributed by atoms with van der Waals surface area (Å²) < 4.78 is 18.3.